The lowest BCUT2D eigenvalue weighted by molar-refractivity contribution is 0.566. The zero-order chi connectivity index (χ0) is 11.6. The maximum absolute atomic E-state index is 12.6. The summed E-state index contributed by atoms with van der Waals surface area (Å²) < 4.78 is 12.6. The monoisotopic (exact) mass is 232 g/mol. The standard InChI is InChI=1S/C13H29OP/c1-4-7-9-12-15(14,11-6-3)13-10-8-5-2/h4-13H2,1-3H3. The third-order valence-corrected chi connectivity index (χ3v) is 6.49. The molecule has 0 aliphatic carbocycles. The lowest BCUT2D eigenvalue weighted by Gasteiger charge is -2.17. The van der Waals surface area contributed by atoms with Crippen molar-refractivity contribution in [2.75, 3.05) is 18.5 Å². The Morgan fingerprint density at radius 3 is 1.47 bits per heavy atom. The van der Waals surface area contributed by atoms with Gasteiger partial charge in [0.05, 0.1) is 7.14 Å². The van der Waals surface area contributed by atoms with E-state index >= 15 is 0 Å². The van der Waals surface area contributed by atoms with Crippen molar-refractivity contribution in [1.29, 1.82) is 0 Å². The summed E-state index contributed by atoms with van der Waals surface area (Å²) in [7, 11) is -1.78. The van der Waals surface area contributed by atoms with Crippen molar-refractivity contribution in [3.05, 3.63) is 0 Å². The van der Waals surface area contributed by atoms with Crippen LogP contribution in [-0.4, -0.2) is 18.5 Å². The van der Waals surface area contributed by atoms with Crippen LogP contribution in [0.3, 0.4) is 0 Å². The summed E-state index contributed by atoms with van der Waals surface area (Å²) >= 11 is 0. The first-order valence-corrected chi connectivity index (χ1v) is 9.02. The Hall–Kier alpha value is 0.230. The Morgan fingerprint density at radius 1 is 0.667 bits per heavy atom. The number of hydrogen-bond acceptors (Lipinski definition) is 1. The van der Waals surface area contributed by atoms with Crippen LogP contribution in [-0.2, 0) is 4.57 Å². The highest BCUT2D eigenvalue weighted by Crippen LogP contribution is 2.47. The molecule has 0 radical (unpaired) electrons. The topological polar surface area (TPSA) is 17.1 Å². The molecular weight excluding hydrogens is 203 g/mol. The maximum atomic E-state index is 12.6. The highest BCUT2D eigenvalue weighted by molar-refractivity contribution is 7.63. The molecule has 0 aliphatic heterocycles. The maximum Gasteiger partial charge on any atom is 0.0877 e. The Morgan fingerprint density at radius 2 is 1.13 bits per heavy atom. The first kappa shape index (κ1) is 15.2. The molecule has 0 spiro atoms. The fraction of sp³-hybridized carbons (Fsp3) is 1.00. The second-order valence-corrected chi connectivity index (χ2v) is 8.10. The molecule has 0 aromatic heterocycles. The summed E-state index contributed by atoms with van der Waals surface area (Å²) in [6, 6.07) is 0. The fourth-order valence-electron chi connectivity index (χ4n) is 2.04. The van der Waals surface area contributed by atoms with E-state index in [1.807, 2.05) is 0 Å². The Bertz CT molecular complexity index is 163. The van der Waals surface area contributed by atoms with Crippen molar-refractivity contribution >= 4 is 7.14 Å². The lowest BCUT2D eigenvalue weighted by atomic mass is 10.3. The van der Waals surface area contributed by atoms with Gasteiger partial charge in [-0.2, -0.15) is 0 Å². The van der Waals surface area contributed by atoms with Crippen LogP contribution >= 0.6 is 7.14 Å². The van der Waals surface area contributed by atoms with E-state index in [1.165, 1.54) is 38.5 Å². The minimum atomic E-state index is -1.78. The number of unbranched alkanes of at least 4 members (excludes halogenated alkanes) is 4. The van der Waals surface area contributed by atoms with E-state index in [-0.39, 0.29) is 0 Å². The average Bonchev–Trinajstić information content (AvgIpc) is 2.19. The third kappa shape index (κ3) is 8.08. The van der Waals surface area contributed by atoms with Crippen LogP contribution in [0.2, 0.25) is 0 Å². The average molecular weight is 232 g/mol. The van der Waals surface area contributed by atoms with Crippen LogP contribution in [0, 0.1) is 0 Å². The van der Waals surface area contributed by atoms with E-state index in [0.717, 1.165) is 24.9 Å². The van der Waals surface area contributed by atoms with E-state index in [1.54, 1.807) is 0 Å². The summed E-state index contributed by atoms with van der Waals surface area (Å²) in [5.41, 5.74) is 0. The molecule has 0 bridgehead atoms. The molecule has 0 fully saturated rings. The highest BCUT2D eigenvalue weighted by atomic mass is 31.2. The molecule has 1 nitrogen and oxygen atoms in total. The predicted molar refractivity (Wildman–Crippen MR) is 71.5 cm³/mol. The van der Waals surface area contributed by atoms with Crippen LogP contribution in [0.25, 0.3) is 0 Å². The quantitative estimate of drug-likeness (QED) is 0.376. The second-order valence-electron chi connectivity index (χ2n) is 4.64. The molecule has 15 heavy (non-hydrogen) atoms. The number of rotatable bonds is 10. The molecule has 0 aromatic carbocycles. The minimum Gasteiger partial charge on any atom is -0.324 e. The van der Waals surface area contributed by atoms with E-state index < -0.39 is 7.14 Å². The molecular formula is C13H29OP. The van der Waals surface area contributed by atoms with Gasteiger partial charge in [0.1, 0.15) is 0 Å². The molecule has 0 N–H and O–H groups in total. The first-order chi connectivity index (χ1) is 7.18. The van der Waals surface area contributed by atoms with Crippen molar-refractivity contribution in [1.82, 2.24) is 0 Å². The van der Waals surface area contributed by atoms with Gasteiger partial charge in [-0.3, -0.25) is 0 Å². The molecule has 0 atom stereocenters. The fourth-order valence-corrected chi connectivity index (χ4v) is 5.13. The van der Waals surface area contributed by atoms with Crippen LogP contribution in [0.4, 0.5) is 0 Å². The van der Waals surface area contributed by atoms with E-state index in [4.69, 9.17) is 0 Å². The third-order valence-electron chi connectivity index (χ3n) is 2.97. The molecule has 0 rings (SSSR count). The summed E-state index contributed by atoms with van der Waals surface area (Å²) in [6.07, 6.45) is 11.4. The van der Waals surface area contributed by atoms with Gasteiger partial charge in [-0.25, -0.2) is 0 Å². The highest BCUT2D eigenvalue weighted by Gasteiger charge is 2.19. The molecule has 0 saturated carbocycles. The van der Waals surface area contributed by atoms with E-state index in [2.05, 4.69) is 20.8 Å². The van der Waals surface area contributed by atoms with Gasteiger partial charge in [0.15, 0.2) is 0 Å². The van der Waals surface area contributed by atoms with Gasteiger partial charge in [0, 0.05) is 18.5 Å². The summed E-state index contributed by atoms with van der Waals surface area (Å²) in [5.74, 6) is 0. The minimum absolute atomic E-state index is 0.987. The van der Waals surface area contributed by atoms with Gasteiger partial charge in [0.2, 0.25) is 0 Å². The molecule has 92 valence electrons. The zero-order valence-corrected chi connectivity index (χ0v) is 11.8. The van der Waals surface area contributed by atoms with E-state index in [0.29, 0.717) is 0 Å². The van der Waals surface area contributed by atoms with Gasteiger partial charge in [-0.1, -0.05) is 46.5 Å². The van der Waals surface area contributed by atoms with Gasteiger partial charge >= 0.3 is 0 Å². The summed E-state index contributed by atoms with van der Waals surface area (Å²) in [5, 5.41) is 0. The first-order valence-electron chi connectivity index (χ1n) is 6.75. The largest absolute Gasteiger partial charge is 0.324 e. The van der Waals surface area contributed by atoms with Crippen LogP contribution in [0.1, 0.15) is 65.7 Å². The lowest BCUT2D eigenvalue weighted by Crippen LogP contribution is -2.00. The summed E-state index contributed by atoms with van der Waals surface area (Å²) in [6.45, 7) is 6.58. The van der Waals surface area contributed by atoms with Crippen LogP contribution in [0.15, 0.2) is 0 Å². The molecule has 0 saturated heterocycles. The summed E-state index contributed by atoms with van der Waals surface area (Å²) in [4.78, 5) is 0. The van der Waals surface area contributed by atoms with Crippen molar-refractivity contribution < 1.29 is 4.57 Å². The van der Waals surface area contributed by atoms with Crippen molar-refractivity contribution in [3.63, 3.8) is 0 Å². The molecule has 0 aromatic rings. The molecule has 0 aliphatic rings. The molecule has 2 heteroatoms. The van der Waals surface area contributed by atoms with Gasteiger partial charge in [0.25, 0.3) is 0 Å². The van der Waals surface area contributed by atoms with Crippen molar-refractivity contribution in [3.8, 4) is 0 Å². The SMILES string of the molecule is CCCCCP(=O)(CCC)CCCCC. The Labute approximate surface area is 96.4 Å². The molecule has 0 heterocycles. The van der Waals surface area contributed by atoms with Crippen LogP contribution < -0.4 is 0 Å². The molecule has 0 unspecified atom stereocenters. The molecule has 0 amide bonds. The zero-order valence-electron chi connectivity index (χ0n) is 10.9. The predicted octanol–water partition coefficient (Wildman–Crippen LogP) is 5.14. The Balaban J connectivity index is 3.89. The van der Waals surface area contributed by atoms with Crippen molar-refractivity contribution in [2.24, 2.45) is 0 Å². The van der Waals surface area contributed by atoms with Crippen molar-refractivity contribution in [2.45, 2.75) is 65.7 Å². The smallest absolute Gasteiger partial charge is 0.0877 e. The number of hydrogen-bond donors (Lipinski definition) is 0. The van der Waals surface area contributed by atoms with Gasteiger partial charge in [-0.15, -0.1) is 0 Å². The van der Waals surface area contributed by atoms with Crippen LogP contribution in [0.5, 0.6) is 0 Å². The Kier molecular flexibility index (Phi) is 9.60. The normalized spacial score (nSPS) is 11.9. The van der Waals surface area contributed by atoms with Gasteiger partial charge < -0.3 is 4.57 Å². The van der Waals surface area contributed by atoms with Gasteiger partial charge in [-0.05, 0) is 19.3 Å². The second kappa shape index (κ2) is 9.46. The van der Waals surface area contributed by atoms with E-state index in [9.17, 15) is 4.57 Å².